The van der Waals surface area contributed by atoms with Crippen LogP contribution in [0.2, 0.25) is 0 Å². The van der Waals surface area contributed by atoms with E-state index in [-0.39, 0.29) is 35.6 Å². The first-order valence-corrected chi connectivity index (χ1v) is 13.3. The van der Waals surface area contributed by atoms with Gasteiger partial charge in [-0.1, -0.05) is 19.9 Å². The van der Waals surface area contributed by atoms with E-state index < -0.39 is 11.8 Å². The van der Waals surface area contributed by atoms with Crippen LogP contribution in [0, 0.1) is 11.8 Å². The number of amides is 2. The smallest absolute Gasteiger partial charge is 0.276 e. The second kappa shape index (κ2) is 11.6. The highest BCUT2D eigenvalue weighted by Gasteiger charge is 2.29. The number of benzene rings is 1. The number of H-pyrrole nitrogens is 1. The first kappa shape index (κ1) is 26.9. The van der Waals surface area contributed by atoms with Gasteiger partial charge in [0, 0.05) is 35.9 Å². The van der Waals surface area contributed by atoms with E-state index in [4.69, 9.17) is 0 Å². The molecule has 1 saturated carbocycles. The van der Waals surface area contributed by atoms with Crippen molar-refractivity contribution in [1.82, 2.24) is 20.2 Å². The van der Waals surface area contributed by atoms with Crippen LogP contribution in [0.15, 0.2) is 55.0 Å². The van der Waals surface area contributed by atoms with Crippen LogP contribution >= 0.6 is 0 Å². The molecule has 4 aromatic rings. The highest BCUT2D eigenvalue weighted by molar-refractivity contribution is 6.11. The van der Waals surface area contributed by atoms with Gasteiger partial charge in [0.1, 0.15) is 12.1 Å². The lowest BCUT2D eigenvalue weighted by Crippen LogP contribution is -2.14. The molecule has 1 atom stereocenters. The normalized spacial score (nSPS) is 13.7. The molecule has 40 heavy (non-hydrogen) atoms. The summed E-state index contributed by atoms with van der Waals surface area (Å²) in [5.74, 6) is -0.723. The van der Waals surface area contributed by atoms with E-state index in [0.717, 1.165) is 30.3 Å². The predicted octanol–water partition coefficient (Wildman–Crippen LogP) is 4.91. The van der Waals surface area contributed by atoms with Gasteiger partial charge in [-0.3, -0.25) is 29.5 Å². The van der Waals surface area contributed by atoms with Crippen LogP contribution in [0.3, 0.4) is 0 Å². The van der Waals surface area contributed by atoms with Crippen molar-refractivity contribution in [3.63, 3.8) is 0 Å². The van der Waals surface area contributed by atoms with Gasteiger partial charge in [-0.2, -0.15) is 5.10 Å². The first-order valence-electron chi connectivity index (χ1n) is 13.3. The summed E-state index contributed by atoms with van der Waals surface area (Å²) in [5.41, 5.74) is 4.03. The number of carbonyl (C=O) groups is 4. The molecule has 10 heteroatoms. The van der Waals surface area contributed by atoms with E-state index in [2.05, 4.69) is 30.8 Å². The van der Waals surface area contributed by atoms with E-state index in [1.54, 1.807) is 24.5 Å². The molecule has 0 spiro atoms. The van der Waals surface area contributed by atoms with Crippen molar-refractivity contribution >= 4 is 46.2 Å². The zero-order chi connectivity index (χ0) is 28.2. The fraction of sp³-hybridized carbons (Fsp3) is 0.300. The molecule has 0 aliphatic heterocycles. The lowest BCUT2D eigenvalue weighted by Gasteiger charge is -2.11. The summed E-state index contributed by atoms with van der Waals surface area (Å²) < 4.78 is 0. The Kier molecular flexibility index (Phi) is 7.77. The van der Waals surface area contributed by atoms with Gasteiger partial charge in [-0.15, -0.1) is 0 Å². The molecule has 1 aliphatic carbocycles. The van der Waals surface area contributed by atoms with Gasteiger partial charge in [-0.05, 0) is 54.7 Å². The molecular formula is C30H30N6O4. The molecule has 3 aromatic heterocycles. The molecule has 10 nitrogen and oxygen atoms in total. The van der Waals surface area contributed by atoms with Gasteiger partial charge >= 0.3 is 0 Å². The number of aromatic amines is 1. The Balaban J connectivity index is 1.30. The average molecular weight is 539 g/mol. The van der Waals surface area contributed by atoms with Crippen LogP contribution in [-0.2, 0) is 14.4 Å². The molecule has 5 rings (SSSR count). The molecule has 3 heterocycles. The zero-order valence-electron chi connectivity index (χ0n) is 22.3. The van der Waals surface area contributed by atoms with E-state index in [0.29, 0.717) is 34.4 Å². The number of nitrogens with one attached hydrogen (secondary N) is 3. The molecule has 3 N–H and O–H groups in total. The largest absolute Gasteiger partial charge is 0.324 e. The number of ketones is 1. The Morgan fingerprint density at radius 3 is 2.50 bits per heavy atom. The van der Waals surface area contributed by atoms with Gasteiger partial charge in [0.25, 0.3) is 5.91 Å². The molecule has 1 fully saturated rings. The fourth-order valence-electron chi connectivity index (χ4n) is 4.52. The highest BCUT2D eigenvalue weighted by atomic mass is 16.2. The second-order valence-corrected chi connectivity index (χ2v) is 10.6. The maximum Gasteiger partial charge on any atom is 0.276 e. The van der Waals surface area contributed by atoms with Crippen LogP contribution < -0.4 is 10.6 Å². The van der Waals surface area contributed by atoms with Gasteiger partial charge in [-0.25, -0.2) is 0 Å². The average Bonchev–Trinajstić information content (AvgIpc) is 3.71. The number of Topliss-reactive ketones (excluding diaryl/α,β-unsaturated/α-hetero) is 1. The molecule has 204 valence electrons. The summed E-state index contributed by atoms with van der Waals surface area (Å²) in [5, 5.41) is 13.4. The first-order chi connectivity index (χ1) is 19.3. The predicted molar refractivity (Wildman–Crippen MR) is 151 cm³/mol. The Morgan fingerprint density at radius 2 is 1.80 bits per heavy atom. The standard InChI is InChI=1S/C30H30N6O4/c1-17(2)9-24(38)11-21(16-37)26-8-6-22(15-32-26)33-30(40)28-25-12-19(5-7-27(25)35-36-28)20-10-23(14-31-13-20)34-29(39)18-3-4-18/h5-8,10,12-18,21H,3-4,9,11H2,1-2H3,(H,33,40)(H,34,39)(H,35,36). The summed E-state index contributed by atoms with van der Waals surface area (Å²) in [7, 11) is 0. The van der Waals surface area contributed by atoms with Crippen LogP contribution in [0.1, 0.15) is 61.6 Å². The van der Waals surface area contributed by atoms with Gasteiger partial charge in [0.15, 0.2) is 5.69 Å². The van der Waals surface area contributed by atoms with Crippen molar-refractivity contribution in [1.29, 1.82) is 0 Å². The van der Waals surface area contributed by atoms with Crippen molar-refractivity contribution < 1.29 is 19.2 Å². The summed E-state index contributed by atoms with van der Waals surface area (Å²) in [6, 6.07) is 10.7. The fourth-order valence-corrected chi connectivity index (χ4v) is 4.52. The van der Waals surface area contributed by atoms with Crippen LogP contribution in [-0.4, -0.2) is 44.0 Å². The number of hydrogen-bond acceptors (Lipinski definition) is 7. The number of aldehydes is 1. The number of fused-ring (bicyclic) bond motifs is 1. The quantitative estimate of drug-likeness (QED) is 0.230. The molecule has 2 amide bonds. The molecule has 1 aromatic carbocycles. The molecule has 1 unspecified atom stereocenters. The molecule has 0 bridgehead atoms. The Morgan fingerprint density at radius 1 is 0.975 bits per heavy atom. The summed E-state index contributed by atoms with van der Waals surface area (Å²) in [4.78, 5) is 57.6. The maximum absolute atomic E-state index is 13.1. The Labute approximate surface area is 231 Å². The third-order valence-electron chi connectivity index (χ3n) is 6.74. The Bertz CT molecular complexity index is 1570. The third kappa shape index (κ3) is 6.28. The highest BCUT2D eigenvalue weighted by Crippen LogP contribution is 2.31. The number of hydrogen-bond donors (Lipinski definition) is 3. The lowest BCUT2D eigenvalue weighted by molar-refractivity contribution is -0.122. The van der Waals surface area contributed by atoms with Crippen molar-refractivity contribution in [2.75, 3.05) is 10.6 Å². The van der Waals surface area contributed by atoms with Crippen molar-refractivity contribution in [2.24, 2.45) is 11.8 Å². The number of aromatic nitrogens is 4. The molecule has 0 radical (unpaired) electrons. The van der Waals surface area contributed by atoms with Gasteiger partial charge in [0.05, 0.1) is 40.9 Å². The summed E-state index contributed by atoms with van der Waals surface area (Å²) >= 11 is 0. The second-order valence-electron chi connectivity index (χ2n) is 10.6. The summed E-state index contributed by atoms with van der Waals surface area (Å²) in [6.07, 6.45) is 7.86. The monoisotopic (exact) mass is 538 g/mol. The van der Waals surface area contributed by atoms with E-state index in [1.807, 2.05) is 38.1 Å². The lowest BCUT2D eigenvalue weighted by atomic mass is 9.95. The number of rotatable bonds is 11. The topological polar surface area (TPSA) is 147 Å². The number of nitrogens with zero attached hydrogens (tertiary/aromatic N) is 3. The third-order valence-corrected chi connectivity index (χ3v) is 6.74. The zero-order valence-corrected chi connectivity index (χ0v) is 22.3. The minimum Gasteiger partial charge on any atom is -0.324 e. The number of carbonyl (C=O) groups excluding carboxylic acids is 4. The van der Waals surface area contributed by atoms with E-state index in [1.165, 1.54) is 6.20 Å². The minimum absolute atomic E-state index is 0.00649. The van der Waals surface area contributed by atoms with Crippen LogP contribution in [0.5, 0.6) is 0 Å². The summed E-state index contributed by atoms with van der Waals surface area (Å²) in [6.45, 7) is 3.91. The van der Waals surface area contributed by atoms with Gasteiger partial charge in [0.2, 0.25) is 5.91 Å². The minimum atomic E-state index is -0.625. The number of pyridine rings is 2. The maximum atomic E-state index is 13.1. The van der Waals surface area contributed by atoms with Crippen molar-refractivity contribution in [2.45, 2.75) is 45.4 Å². The van der Waals surface area contributed by atoms with Gasteiger partial charge < -0.3 is 15.4 Å². The Hall–Kier alpha value is -4.73. The molecule has 0 saturated heterocycles. The molecule has 1 aliphatic rings. The molecular weight excluding hydrogens is 508 g/mol. The number of anilines is 2. The van der Waals surface area contributed by atoms with Crippen molar-refractivity contribution in [3.8, 4) is 11.1 Å². The van der Waals surface area contributed by atoms with E-state index >= 15 is 0 Å². The van der Waals surface area contributed by atoms with Crippen LogP contribution in [0.25, 0.3) is 22.0 Å². The van der Waals surface area contributed by atoms with Crippen LogP contribution in [0.4, 0.5) is 11.4 Å². The van der Waals surface area contributed by atoms with E-state index in [9.17, 15) is 19.2 Å². The van der Waals surface area contributed by atoms with Crippen molar-refractivity contribution in [3.05, 3.63) is 66.4 Å². The SMILES string of the molecule is CC(C)CC(=O)CC(C=O)c1ccc(NC(=O)c2n[nH]c3ccc(-c4cncc(NC(=O)C5CC5)c4)cc23)cn1.